The van der Waals surface area contributed by atoms with Gasteiger partial charge in [-0.1, -0.05) is 57.9 Å². The van der Waals surface area contributed by atoms with Gasteiger partial charge in [0.1, 0.15) is 6.54 Å². The summed E-state index contributed by atoms with van der Waals surface area (Å²) in [5.41, 5.74) is 0.224. The van der Waals surface area contributed by atoms with Crippen molar-refractivity contribution < 1.29 is 24.6 Å². The van der Waals surface area contributed by atoms with Crippen LogP contribution in [-0.4, -0.2) is 34.5 Å². The average Bonchev–Trinajstić information content (AvgIpc) is 2.53. The lowest BCUT2D eigenvalue weighted by molar-refractivity contribution is -0.138. The number of hydrogen-bond donors (Lipinski definition) is 3. The van der Waals surface area contributed by atoms with E-state index in [2.05, 4.69) is 12.2 Å². The molecule has 0 amide bonds. The SMILES string of the molecule is CCCCCCCCCCC=C(NCC(=O)O)C(=O)CCC(=O)O. The Labute approximate surface area is 144 Å². The van der Waals surface area contributed by atoms with E-state index in [4.69, 9.17) is 10.2 Å². The largest absolute Gasteiger partial charge is 0.481 e. The fourth-order valence-electron chi connectivity index (χ4n) is 2.34. The summed E-state index contributed by atoms with van der Waals surface area (Å²) < 4.78 is 0. The van der Waals surface area contributed by atoms with E-state index in [1.165, 1.54) is 38.5 Å². The first-order valence-corrected chi connectivity index (χ1v) is 8.88. The van der Waals surface area contributed by atoms with Crippen molar-refractivity contribution in [3.05, 3.63) is 11.8 Å². The number of carbonyl (C=O) groups excluding carboxylic acids is 1. The van der Waals surface area contributed by atoms with Gasteiger partial charge in [-0.2, -0.15) is 0 Å². The second-order valence-corrected chi connectivity index (χ2v) is 5.95. The third-order valence-corrected chi connectivity index (χ3v) is 3.70. The molecule has 3 N–H and O–H groups in total. The first-order valence-electron chi connectivity index (χ1n) is 8.88. The van der Waals surface area contributed by atoms with Gasteiger partial charge in [0.2, 0.25) is 0 Å². The van der Waals surface area contributed by atoms with Gasteiger partial charge in [0.05, 0.1) is 12.1 Å². The summed E-state index contributed by atoms with van der Waals surface area (Å²) in [7, 11) is 0. The lowest BCUT2D eigenvalue weighted by atomic mass is 10.1. The number of ketones is 1. The van der Waals surface area contributed by atoms with E-state index in [1.807, 2.05) is 0 Å². The number of unbranched alkanes of at least 4 members (excludes halogenated alkanes) is 8. The van der Waals surface area contributed by atoms with E-state index in [0.717, 1.165) is 12.8 Å². The minimum atomic E-state index is -1.06. The fraction of sp³-hybridized carbons (Fsp3) is 0.722. The molecule has 0 aromatic carbocycles. The molecule has 0 saturated carbocycles. The van der Waals surface area contributed by atoms with Crippen LogP contribution in [0.15, 0.2) is 11.8 Å². The monoisotopic (exact) mass is 341 g/mol. The van der Waals surface area contributed by atoms with E-state index in [0.29, 0.717) is 6.42 Å². The molecule has 0 aliphatic rings. The summed E-state index contributed by atoms with van der Waals surface area (Å²) in [5, 5.41) is 19.9. The second-order valence-electron chi connectivity index (χ2n) is 5.95. The van der Waals surface area contributed by atoms with E-state index < -0.39 is 11.9 Å². The molecule has 0 atom stereocenters. The maximum Gasteiger partial charge on any atom is 0.322 e. The number of allylic oxidation sites excluding steroid dienone is 2. The van der Waals surface area contributed by atoms with Crippen molar-refractivity contribution in [2.24, 2.45) is 0 Å². The van der Waals surface area contributed by atoms with Gasteiger partial charge < -0.3 is 15.5 Å². The third-order valence-electron chi connectivity index (χ3n) is 3.70. The Morgan fingerprint density at radius 1 is 0.833 bits per heavy atom. The zero-order valence-corrected chi connectivity index (χ0v) is 14.7. The van der Waals surface area contributed by atoms with Crippen LogP contribution in [0.4, 0.5) is 0 Å². The molecule has 0 heterocycles. The number of rotatable bonds is 16. The van der Waals surface area contributed by atoms with Crippen LogP contribution in [0.5, 0.6) is 0 Å². The van der Waals surface area contributed by atoms with Crippen molar-refractivity contribution in [2.45, 2.75) is 77.6 Å². The van der Waals surface area contributed by atoms with Crippen molar-refractivity contribution in [3.8, 4) is 0 Å². The lowest BCUT2D eigenvalue weighted by Crippen LogP contribution is -2.26. The molecule has 0 aromatic heterocycles. The van der Waals surface area contributed by atoms with Crippen molar-refractivity contribution >= 4 is 17.7 Å². The van der Waals surface area contributed by atoms with Gasteiger partial charge in [-0.15, -0.1) is 0 Å². The van der Waals surface area contributed by atoms with Gasteiger partial charge in [0.15, 0.2) is 5.78 Å². The average molecular weight is 341 g/mol. The Kier molecular flexibility index (Phi) is 13.6. The molecule has 0 unspecified atom stereocenters. The lowest BCUT2D eigenvalue weighted by Gasteiger charge is -2.08. The van der Waals surface area contributed by atoms with E-state index in [1.54, 1.807) is 6.08 Å². The molecule has 0 saturated heterocycles. The van der Waals surface area contributed by atoms with Crippen molar-refractivity contribution in [3.63, 3.8) is 0 Å². The van der Waals surface area contributed by atoms with Crippen LogP contribution in [0.25, 0.3) is 0 Å². The minimum absolute atomic E-state index is 0.120. The molecule has 0 radical (unpaired) electrons. The summed E-state index contributed by atoms with van der Waals surface area (Å²) in [4.78, 5) is 33.1. The van der Waals surface area contributed by atoms with E-state index >= 15 is 0 Å². The van der Waals surface area contributed by atoms with Crippen LogP contribution in [0, 0.1) is 0 Å². The second kappa shape index (κ2) is 14.7. The highest BCUT2D eigenvalue weighted by Crippen LogP contribution is 2.11. The number of carbonyl (C=O) groups is 3. The normalized spacial score (nSPS) is 11.3. The van der Waals surface area contributed by atoms with Gasteiger partial charge in [-0.25, -0.2) is 0 Å². The molecule has 6 nitrogen and oxygen atoms in total. The Balaban J connectivity index is 4.11. The first kappa shape index (κ1) is 22.1. The Hall–Kier alpha value is -1.85. The summed E-state index contributed by atoms with van der Waals surface area (Å²) >= 11 is 0. The third kappa shape index (κ3) is 13.8. The first-order chi connectivity index (χ1) is 11.5. The Bertz CT molecular complexity index is 418. The number of hydrogen-bond acceptors (Lipinski definition) is 4. The van der Waals surface area contributed by atoms with Crippen molar-refractivity contribution in [2.75, 3.05) is 6.54 Å². The van der Waals surface area contributed by atoms with E-state index in [9.17, 15) is 14.4 Å². The zero-order valence-electron chi connectivity index (χ0n) is 14.7. The molecule has 24 heavy (non-hydrogen) atoms. The highest BCUT2D eigenvalue weighted by atomic mass is 16.4. The van der Waals surface area contributed by atoms with Gasteiger partial charge in [0.25, 0.3) is 0 Å². The molecule has 0 aromatic rings. The number of Topliss-reactive ketones (excluding diaryl/α,β-unsaturated/α-hetero) is 1. The van der Waals surface area contributed by atoms with Gasteiger partial charge in [-0.05, 0) is 12.8 Å². The summed E-state index contributed by atoms with van der Waals surface area (Å²) in [5.74, 6) is -2.44. The molecular formula is C18H31NO5. The molecule has 0 bridgehead atoms. The fourth-order valence-corrected chi connectivity index (χ4v) is 2.34. The van der Waals surface area contributed by atoms with Crippen molar-refractivity contribution in [1.82, 2.24) is 5.32 Å². The molecule has 0 rings (SSSR count). The maximum atomic E-state index is 11.9. The maximum absolute atomic E-state index is 11.9. The van der Waals surface area contributed by atoms with Gasteiger partial charge in [-0.3, -0.25) is 14.4 Å². The van der Waals surface area contributed by atoms with Crippen LogP contribution in [-0.2, 0) is 14.4 Å². The molecule has 6 heteroatoms. The van der Waals surface area contributed by atoms with Gasteiger partial charge in [0, 0.05) is 6.42 Å². The molecule has 0 aliphatic heterocycles. The van der Waals surface area contributed by atoms with Gasteiger partial charge >= 0.3 is 11.9 Å². The minimum Gasteiger partial charge on any atom is -0.481 e. The molecule has 0 spiro atoms. The highest BCUT2D eigenvalue weighted by molar-refractivity contribution is 5.96. The zero-order chi connectivity index (χ0) is 18.2. The summed E-state index contributed by atoms with van der Waals surface area (Å²) in [6.45, 7) is 1.85. The Morgan fingerprint density at radius 2 is 1.42 bits per heavy atom. The predicted octanol–water partition coefficient (Wildman–Crippen LogP) is 3.51. The number of nitrogens with one attached hydrogen (secondary N) is 1. The molecular weight excluding hydrogens is 310 g/mol. The molecule has 138 valence electrons. The topological polar surface area (TPSA) is 104 Å². The van der Waals surface area contributed by atoms with Crippen LogP contribution in [0.3, 0.4) is 0 Å². The molecule has 0 aliphatic carbocycles. The predicted molar refractivity (Wildman–Crippen MR) is 92.8 cm³/mol. The Morgan fingerprint density at radius 3 is 1.96 bits per heavy atom. The van der Waals surface area contributed by atoms with Crippen molar-refractivity contribution in [1.29, 1.82) is 0 Å². The summed E-state index contributed by atoms with van der Waals surface area (Å²) in [6.07, 6.45) is 11.5. The highest BCUT2D eigenvalue weighted by Gasteiger charge is 2.12. The van der Waals surface area contributed by atoms with Crippen LogP contribution >= 0.6 is 0 Å². The van der Waals surface area contributed by atoms with E-state index in [-0.39, 0.29) is 30.9 Å². The number of carboxylic acids is 2. The number of carboxylic acid groups (broad SMARTS) is 2. The standard InChI is InChI=1S/C18H31NO5/c1-2-3-4-5-6-7-8-9-10-11-15(19-14-18(23)24)16(20)12-13-17(21)22/h11,19H,2-10,12-14H2,1H3,(H,21,22)(H,23,24). The van der Waals surface area contributed by atoms with Crippen LogP contribution in [0.2, 0.25) is 0 Å². The quantitative estimate of drug-likeness (QED) is 0.293. The molecule has 0 fully saturated rings. The summed E-state index contributed by atoms with van der Waals surface area (Å²) in [6, 6.07) is 0. The smallest absolute Gasteiger partial charge is 0.322 e. The van der Waals surface area contributed by atoms with Crippen LogP contribution in [0.1, 0.15) is 77.6 Å². The van der Waals surface area contributed by atoms with Crippen LogP contribution < -0.4 is 5.32 Å². The number of aliphatic carboxylic acids is 2.